The van der Waals surface area contributed by atoms with Crippen molar-refractivity contribution < 1.29 is 39.0 Å². The summed E-state index contributed by atoms with van der Waals surface area (Å²) in [7, 11) is 0. The molecule has 2 aliphatic rings. The molecule has 2 fully saturated rings. The zero-order valence-electron chi connectivity index (χ0n) is 22.3. The Labute approximate surface area is 227 Å². The van der Waals surface area contributed by atoms with Gasteiger partial charge < -0.3 is 47.4 Å². The standard InChI is InChI=1S/C24H41N7O8/c1-14(28-21(35)15(26)6-2-3-9-25)20(34)29-16(13-32)22(36)27-12-19(33)30-10-4-7-17(30)23(37)31-11-5-8-18(31)24(38)39/h14-18,32H,2-13,25-26H2,1H3,(H,27,36)(H,28,35)(H,29,34)(H,38,39). The van der Waals surface area contributed by atoms with Gasteiger partial charge in [-0.05, 0) is 52.0 Å². The number of rotatable bonds is 14. The summed E-state index contributed by atoms with van der Waals surface area (Å²) in [5.41, 5.74) is 11.2. The molecule has 0 radical (unpaired) electrons. The maximum Gasteiger partial charge on any atom is 0.326 e. The minimum Gasteiger partial charge on any atom is -0.480 e. The number of carboxylic acids is 1. The monoisotopic (exact) mass is 555 g/mol. The molecule has 2 rings (SSSR count). The van der Waals surface area contributed by atoms with Gasteiger partial charge in [-0.1, -0.05) is 6.42 Å². The molecule has 0 aromatic heterocycles. The van der Waals surface area contributed by atoms with Crippen molar-refractivity contribution in [2.45, 2.75) is 82.1 Å². The second-order valence-electron chi connectivity index (χ2n) is 9.86. The zero-order chi connectivity index (χ0) is 29.1. The number of aliphatic hydroxyl groups is 1. The molecule has 2 heterocycles. The number of likely N-dealkylation sites (tertiary alicyclic amines) is 2. The van der Waals surface area contributed by atoms with Gasteiger partial charge in [0.05, 0.1) is 19.2 Å². The van der Waals surface area contributed by atoms with E-state index < -0.39 is 78.9 Å². The van der Waals surface area contributed by atoms with Crippen LogP contribution in [0.1, 0.15) is 51.9 Å². The third kappa shape index (κ3) is 8.86. The van der Waals surface area contributed by atoms with Gasteiger partial charge in [0, 0.05) is 13.1 Å². The Balaban J connectivity index is 1.86. The summed E-state index contributed by atoms with van der Waals surface area (Å²) < 4.78 is 0. The third-order valence-electron chi connectivity index (χ3n) is 6.97. The molecule has 2 saturated heterocycles. The molecule has 0 aromatic rings. The number of nitrogens with one attached hydrogen (secondary N) is 3. The van der Waals surface area contributed by atoms with Crippen LogP contribution < -0.4 is 27.4 Å². The summed E-state index contributed by atoms with van der Waals surface area (Å²) in [5, 5.41) is 26.1. The number of unbranched alkanes of at least 4 members (excludes halogenated alkanes) is 1. The Morgan fingerprint density at radius 3 is 2.18 bits per heavy atom. The molecule has 2 aliphatic heterocycles. The number of nitrogens with two attached hydrogens (primary N) is 2. The van der Waals surface area contributed by atoms with Crippen molar-refractivity contribution >= 4 is 35.5 Å². The second-order valence-corrected chi connectivity index (χ2v) is 9.86. The first-order valence-electron chi connectivity index (χ1n) is 13.3. The fourth-order valence-electron chi connectivity index (χ4n) is 4.70. The molecule has 5 unspecified atom stereocenters. The van der Waals surface area contributed by atoms with E-state index >= 15 is 0 Å². The SMILES string of the molecule is CC(NC(=O)C(N)CCCCN)C(=O)NC(CO)C(=O)NCC(=O)N1CCCC1C(=O)N1CCCC1C(=O)O. The lowest BCUT2D eigenvalue weighted by Gasteiger charge is -2.30. The van der Waals surface area contributed by atoms with Crippen molar-refractivity contribution in [3.8, 4) is 0 Å². The van der Waals surface area contributed by atoms with Crippen molar-refractivity contribution in [3.63, 3.8) is 0 Å². The number of carbonyl (C=O) groups excluding carboxylic acids is 5. The highest BCUT2D eigenvalue weighted by molar-refractivity contribution is 5.95. The average molecular weight is 556 g/mol. The van der Waals surface area contributed by atoms with Crippen molar-refractivity contribution in [3.05, 3.63) is 0 Å². The summed E-state index contributed by atoms with van der Waals surface area (Å²) in [6.45, 7) is 1.22. The molecule has 0 bridgehead atoms. The lowest BCUT2D eigenvalue weighted by molar-refractivity contribution is -0.151. The van der Waals surface area contributed by atoms with E-state index in [1.807, 2.05) is 0 Å². The lowest BCUT2D eigenvalue weighted by Crippen LogP contribution is -2.57. The Morgan fingerprint density at radius 1 is 0.923 bits per heavy atom. The van der Waals surface area contributed by atoms with Gasteiger partial charge in [0.1, 0.15) is 24.2 Å². The summed E-state index contributed by atoms with van der Waals surface area (Å²) in [4.78, 5) is 77.1. The van der Waals surface area contributed by atoms with Crippen LogP contribution in [0, 0.1) is 0 Å². The van der Waals surface area contributed by atoms with E-state index in [9.17, 15) is 39.0 Å². The Morgan fingerprint density at radius 2 is 1.56 bits per heavy atom. The molecule has 5 amide bonds. The van der Waals surface area contributed by atoms with Gasteiger partial charge in [0.2, 0.25) is 29.5 Å². The Kier molecular flexibility index (Phi) is 12.5. The molecule has 15 heteroatoms. The van der Waals surface area contributed by atoms with E-state index in [4.69, 9.17) is 11.5 Å². The van der Waals surface area contributed by atoms with Crippen molar-refractivity contribution in [1.29, 1.82) is 0 Å². The number of aliphatic hydroxyl groups excluding tert-OH is 1. The first-order valence-corrected chi connectivity index (χ1v) is 13.3. The van der Waals surface area contributed by atoms with E-state index in [0.717, 1.165) is 0 Å². The van der Waals surface area contributed by atoms with Gasteiger partial charge in [0.15, 0.2) is 0 Å². The predicted octanol–water partition coefficient (Wildman–Crippen LogP) is -3.39. The molecule has 9 N–H and O–H groups in total. The van der Waals surface area contributed by atoms with Crippen LogP contribution in [0.25, 0.3) is 0 Å². The van der Waals surface area contributed by atoms with E-state index in [-0.39, 0.29) is 6.54 Å². The molecule has 0 spiro atoms. The zero-order valence-corrected chi connectivity index (χ0v) is 22.3. The van der Waals surface area contributed by atoms with Crippen molar-refractivity contribution in [2.75, 3.05) is 32.8 Å². The maximum absolute atomic E-state index is 13.0. The van der Waals surface area contributed by atoms with Gasteiger partial charge >= 0.3 is 5.97 Å². The molecule has 5 atom stereocenters. The van der Waals surface area contributed by atoms with Crippen LogP contribution in [-0.4, -0.2) is 119 Å². The number of carboxylic acid groups (broad SMARTS) is 1. The largest absolute Gasteiger partial charge is 0.480 e. The van der Waals surface area contributed by atoms with Gasteiger partial charge in [-0.2, -0.15) is 0 Å². The highest BCUT2D eigenvalue weighted by Crippen LogP contribution is 2.25. The molecule has 39 heavy (non-hydrogen) atoms. The van der Waals surface area contributed by atoms with Crippen LogP contribution in [-0.2, 0) is 28.8 Å². The van der Waals surface area contributed by atoms with E-state index in [1.54, 1.807) is 0 Å². The van der Waals surface area contributed by atoms with E-state index in [2.05, 4.69) is 16.0 Å². The van der Waals surface area contributed by atoms with Gasteiger partial charge in [-0.25, -0.2) is 4.79 Å². The van der Waals surface area contributed by atoms with Crippen LogP contribution in [0.4, 0.5) is 0 Å². The summed E-state index contributed by atoms with van der Waals surface area (Å²) in [6.07, 6.45) is 3.63. The number of aliphatic carboxylic acids is 1. The lowest BCUT2D eigenvalue weighted by atomic mass is 10.1. The van der Waals surface area contributed by atoms with E-state index in [1.165, 1.54) is 16.7 Å². The normalized spacial score (nSPS) is 21.1. The quantitative estimate of drug-likeness (QED) is 0.105. The average Bonchev–Trinajstić information content (AvgIpc) is 3.60. The van der Waals surface area contributed by atoms with Crippen LogP contribution in [0.15, 0.2) is 0 Å². The smallest absolute Gasteiger partial charge is 0.326 e. The Hall–Kier alpha value is -3.30. The second kappa shape index (κ2) is 15.3. The molecular formula is C24H41N7O8. The molecular weight excluding hydrogens is 514 g/mol. The molecule has 0 aromatic carbocycles. The minimum atomic E-state index is -1.39. The van der Waals surface area contributed by atoms with Crippen LogP contribution in [0.5, 0.6) is 0 Å². The van der Waals surface area contributed by atoms with Crippen molar-refractivity contribution in [1.82, 2.24) is 25.8 Å². The van der Waals surface area contributed by atoms with E-state index in [0.29, 0.717) is 58.0 Å². The molecule has 15 nitrogen and oxygen atoms in total. The molecule has 0 aliphatic carbocycles. The summed E-state index contributed by atoms with van der Waals surface area (Å²) >= 11 is 0. The maximum atomic E-state index is 13.0. The van der Waals surface area contributed by atoms with Crippen molar-refractivity contribution in [2.24, 2.45) is 11.5 Å². The first kappa shape index (κ1) is 31.9. The van der Waals surface area contributed by atoms with Gasteiger partial charge in [-0.15, -0.1) is 0 Å². The highest BCUT2D eigenvalue weighted by atomic mass is 16.4. The van der Waals surface area contributed by atoms with Crippen LogP contribution in [0.2, 0.25) is 0 Å². The Bertz CT molecular complexity index is 917. The minimum absolute atomic E-state index is 0.280. The fourth-order valence-corrected chi connectivity index (χ4v) is 4.70. The molecule has 220 valence electrons. The number of nitrogens with zero attached hydrogens (tertiary/aromatic N) is 2. The summed E-state index contributed by atoms with van der Waals surface area (Å²) in [5.74, 6) is -4.15. The highest BCUT2D eigenvalue weighted by Gasteiger charge is 2.42. The predicted molar refractivity (Wildman–Crippen MR) is 138 cm³/mol. The third-order valence-corrected chi connectivity index (χ3v) is 6.97. The fraction of sp³-hybridized carbons (Fsp3) is 0.750. The molecule has 0 saturated carbocycles. The van der Waals surface area contributed by atoms with Gasteiger partial charge in [-0.3, -0.25) is 24.0 Å². The summed E-state index contributed by atoms with van der Waals surface area (Å²) in [6, 6.07) is -4.98. The number of carbonyl (C=O) groups is 6. The van der Waals surface area contributed by atoms with Crippen LogP contribution >= 0.6 is 0 Å². The number of hydrogen-bond acceptors (Lipinski definition) is 9. The van der Waals surface area contributed by atoms with Gasteiger partial charge in [0.25, 0.3) is 0 Å². The topological polar surface area (TPSA) is 237 Å². The first-order chi connectivity index (χ1) is 18.5. The number of hydrogen-bond donors (Lipinski definition) is 7. The van der Waals surface area contributed by atoms with Crippen LogP contribution in [0.3, 0.4) is 0 Å². The number of amides is 5.